The smallest absolute Gasteiger partial charge is 0.229 e. The molecular weight excluding hydrogens is 180 g/mol. The molecular formula is C10H10N2O2. The molecule has 4 heteroatoms. The SMILES string of the molecule is COc1ccc2ccn(C(C)=O)c2n1. The fraction of sp³-hybridized carbons (Fsp3) is 0.200. The summed E-state index contributed by atoms with van der Waals surface area (Å²) in [5.41, 5.74) is 0.636. The maximum absolute atomic E-state index is 11.2. The number of pyridine rings is 1. The molecule has 2 aromatic heterocycles. The van der Waals surface area contributed by atoms with Gasteiger partial charge in [-0.25, -0.2) is 0 Å². The quantitative estimate of drug-likeness (QED) is 0.687. The standard InChI is InChI=1S/C10H10N2O2/c1-7(13)12-6-5-8-3-4-9(14-2)11-10(8)12/h3-6H,1-2H3. The normalized spacial score (nSPS) is 10.4. The van der Waals surface area contributed by atoms with Gasteiger partial charge in [-0.1, -0.05) is 0 Å². The van der Waals surface area contributed by atoms with Gasteiger partial charge in [-0.05, 0) is 12.1 Å². The summed E-state index contributed by atoms with van der Waals surface area (Å²) >= 11 is 0. The predicted octanol–water partition coefficient (Wildman–Crippen LogP) is 1.70. The zero-order valence-electron chi connectivity index (χ0n) is 8.02. The van der Waals surface area contributed by atoms with E-state index in [0.29, 0.717) is 11.5 Å². The van der Waals surface area contributed by atoms with Gasteiger partial charge in [-0.15, -0.1) is 0 Å². The van der Waals surface area contributed by atoms with Crippen LogP contribution < -0.4 is 4.74 Å². The van der Waals surface area contributed by atoms with Crippen molar-refractivity contribution in [2.24, 2.45) is 0 Å². The van der Waals surface area contributed by atoms with Crippen molar-refractivity contribution in [1.82, 2.24) is 9.55 Å². The Kier molecular flexibility index (Phi) is 1.96. The van der Waals surface area contributed by atoms with Crippen molar-refractivity contribution < 1.29 is 9.53 Å². The van der Waals surface area contributed by atoms with Crippen molar-refractivity contribution in [3.05, 3.63) is 24.4 Å². The first-order valence-electron chi connectivity index (χ1n) is 4.25. The number of nitrogens with zero attached hydrogens (tertiary/aromatic N) is 2. The van der Waals surface area contributed by atoms with Crippen molar-refractivity contribution in [1.29, 1.82) is 0 Å². The highest BCUT2D eigenvalue weighted by atomic mass is 16.5. The summed E-state index contributed by atoms with van der Waals surface area (Å²) in [6, 6.07) is 5.50. The van der Waals surface area contributed by atoms with Crippen molar-refractivity contribution in [2.75, 3.05) is 7.11 Å². The zero-order chi connectivity index (χ0) is 10.1. The number of hydrogen-bond donors (Lipinski definition) is 0. The third kappa shape index (κ3) is 1.25. The fourth-order valence-electron chi connectivity index (χ4n) is 1.36. The van der Waals surface area contributed by atoms with Gasteiger partial charge in [-0.2, -0.15) is 4.98 Å². The van der Waals surface area contributed by atoms with Crippen LogP contribution in [-0.4, -0.2) is 22.6 Å². The lowest BCUT2D eigenvalue weighted by molar-refractivity contribution is 0.0941. The molecule has 0 aromatic carbocycles. The average molecular weight is 190 g/mol. The van der Waals surface area contributed by atoms with Crippen molar-refractivity contribution in [2.45, 2.75) is 6.92 Å². The highest BCUT2D eigenvalue weighted by molar-refractivity contribution is 5.89. The van der Waals surface area contributed by atoms with E-state index in [0.717, 1.165) is 5.39 Å². The third-order valence-electron chi connectivity index (χ3n) is 2.06. The number of rotatable bonds is 1. The molecule has 0 aliphatic rings. The first-order valence-corrected chi connectivity index (χ1v) is 4.25. The van der Waals surface area contributed by atoms with Crippen LogP contribution in [-0.2, 0) is 0 Å². The van der Waals surface area contributed by atoms with Crippen LogP contribution in [0.25, 0.3) is 11.0 Å². The van der Waals surface area contributed by atoms with Crippen LogP contribution >= 0.6 is 0 Å². The Morgan fingerprint density at radius 1 is 1.43 bits per heavy atom. The largest absolute Gasteiger partial charge is 0.481 e. The Labute approximate surface area is 81.1 Å². The molecule has 72 valence electrons. The van der Waals surface area contributed by atoms with Crippen LogP contribution in [0.2, 0.25) is 0 Å². The van der Waals surface area contributed by atoms with E-state index in [9.17, 15) is 4.79 Å². The molecule has 0 saturated heterocycles. The van der Waals surface area contributed by atoms with Crippen molar-refractivity contribution in [3.63, 3.8) is 0 Å². The molecule has 2 aromatic rings. The summed E-state index contributed by atoms with van der Waals surface area (Å²) in [6.07, 6.45) is 1.71. The summed E-state index contributed by atoms with van der Waals surface area (Å²) in [4.78, 5) is 15.4. The second-order valence-electron chi connectivity index (χ2n) is 2.97. The van der Waals surface area contributed by atoms with E-state index >= 15 is 0 Å². The first-order chi connectivity index (χ1) is 6.72. The third-order valence-corrected chi connectivity index (χ3v) is 2.06. The summed E-state index contributed by atoms with van der Waals surface area (Å²) in [7, 11) is 1.55. The van der Waals surface area contributed by atoms with Crippen LogP contribution in [0.15, 0.2) is 24.4 Å². The van der Waals surface area contributed by atoms with Gasteiger partial charge in [-0.3, -0.25) is 9.36 Å². The molecule has 0 atom stereocenters. The molecule has 0 saturated carbocycles. The van der Waals surface area contributed by atoms with Crippen LogP contribution in [0.4, 0.5) is 0 Å². The monoisotopic (exact) mass is 190 g/mol. The minimum Gasteiger partial charge on any atom is -0.481 e. The Morgan fingerprint density at radius 2 is 2.21 bits per heavy atom. The van der Waals surface area contributed by atoms with E-state index in [1.807, 2.05) is 12.1 Å². The fourth-order valence-corrected chi connectivity index (χ4v) is 1.36. The summed E-state index contributed by atoms with van der Waals surface area (Å²) in [5.74, 6) is 0.458. The minimum atomic E-state index is -0.0549. The van der Waals surface area contributed by atoms with E-state index in [1.165, 1.54) is 11.5 Å². The number of carbonyl (C=O) groups excluding carboxylic acids is 1. The Balaban J connectivity index is 2.69. The number of aromatic nitrogens is 2. The van der Waals surface area contributed by atoms with E-state index < -0.39 is 0 Å². The summed E-state index contributed by atoms with van der Waals surface area (Å²) < 4.78 is 6.49. The second-order valence-corrected chi connectivity index (χ2v) is 2.97. The molecule has 14 heavy (non-hydrogen) atoms. The zero-order valence-corrected chi connectivity index (χ0v) is 8.02. The van der Waals surface area contributed by atoms with Gasteiger partial charge in [0, 0.05) is 24.6 Å². The van der Waals surface area contributed by atoms with E-state index in [2.05, 4.69) is 4.98 Å². The van der Waals surface area contributed by atoms with Crippen LogP contribution in [0.3, 0.4) is 0 Å². The maximum atomic E-state index is 11.2. The Hall–Kier alpha value is -1.84. The van der Waals surface area contributed by atoms with E-state index in [-0.39, 0.29) is 5.91 Å². The van der Waals surface area contributed by atoms with Gasteiger partial charge >= 0.3 is 0 Å². The molecule has 0 spiro atoms. The number of methoxy groups -OCH3 is 1. The predicted molar refractivity (Wildman–Crippen MR) is 52.6 cm³/mol. The molecule has 2 rings (SSSR count). The topological polar surface area (TPSA) is 44.1 Å². The van der Waals surface area contributed by atoms with Gasteiger partial charge in [0.1, 0.15) is 0 Å². The molecule has 0 radical (unpaired) electrons. The van der Waals surface area contributed by atoms with Crippen LogP contribution in [0, 0.1) is 0 Å². The Bertz CT molecular complexity index is 488. The molecule has 2 heterocycles. The number of fused-ring (bicyclic) bond motifs is 1. The molecule has 0 unspecified atom stereocenters. The average Bonchev–Trinajstić information content (AvgIpc) is 2.59. The van der Waals surface area contributed by atoms with E-state index in [1.54, 1.807) is 19.4 Å². The van der Waals surface area contributed by atoms with Gasteiger partial charge in [0.25, 0.3) is 0 Å². The van der Waals surface area contributed by atoms with Crippen molar-refractivity contribution >= 4 is 16.9 Å². The maximum Gasteiger partial charge on any atom is 0.229 e. The number of carbonyl (C=O) groups is 1. The first kappa shape index (κ1) is 8.74. The van der Waals surface area contributed by atoms with Gasteiger partial charge in [0.2, 0.25) is 11.8 Å². The minimum absolute atomic E-state index is 0.0549. The molecule has 0 fully saturated rings. The molecule has 0 N–H and O–H groups in total. The Morgan fingerprint density at radius 3 is 2.86 bits per heavy atom. The van der Waals surface area contributed by atoms with Gasteiger partial charge < -0.3 is 4.74 Å². The lowest BCUT2D eigenvalue weighted by Crippen LogP contribution is -2.04. The summed E-state index contributed by atoms with van der Waals surface area (Å²) in [5, 5.41) is 0.931. The second kappa shape index (κ2) is 3.14. The van der Waals surface area contributed by atoms with Gasteiger partial charge in [0.05, 0.1) is 7.11 Å². The number of hydrogen-bond acceptors (Lipinski definition) is 3. The molecule has 4 nitrogen and oxygen atoms in total. The van der Waals surface area contributed by atoms with Crippen molar-refractivity contribution in [3.8, 4) is 5.88 Å². The number of ether oxygens (including phenoxy) is 1. The summed E-state index contributed by atoms with van der Waals surface area (Å²) in [6.45, 7) is 1.50. The van der Waals surface area contributed by atoms with Gasteiger partial charge in [0.15, 0.2) is 5.65 Å². The highest BCUT2D eigenvalue weighted by Crippen LogP contribution is 2.17. The highest BCUT2D eigenvalue weighted by Gasteiger charge is 2.06. The molecule has 0 amide bonds. The molecule has 0 aliphatic carbocycles. The van der Waals surface area contributed by atoms with Crippen LogP contribution in [0.1, 0.15) is 11.7 Å². The molecule has 0 bridgehead atoms. The lowest BCUT2D eigenvalue weighted by atomic mass is 10.3. The molecule has 0 aliphatic heterocycles. The van der Waals surface area contributed by atoms with Crippen LogP contribution in [0.5, 0.6) is 5.88 Å². The van der Waals surface area contributed by atoms with E-state index in [4.69, 9.17) is 4.74 Å². The lowest BCUT2D eigenvalue weighted by Gasteiger charge is -2.00.